The molecule has 2 heterocycles. The fraction of sp³-hybridized carbons (Fsp3) is 0.231. The Morgan fingerprint density at radius 1 is 1.28 bits per heavy atom. The van der Waals surface area contributed by atoms with Crippen LogP contribution in [0.3, 0.4) is 0 Å². The smallest absolute Gasteiger partial charge is 0.146 e. The van der Waals surface area contributed by atoms with E-state index in [4.69, 9.17) is 5.84 Å². The second-order valence-electron chi connectivity index (χ2n) is 4.18. The molecule has 0 amide bonds. The number of nitrogens with zero attached hydrogens (tertiary/aromatic N) is 2. The normalized spacial score (nSPS) is 12.4. The van der Waals surface area contributed by atoms with Crippen LogP contribution in [0.15, 0.2) is 30.6 Å². The molecule has 0 bridgehead atoms. The van der Waals surface area contributed by atoms with Crippen molar-refractivity contribution in [2.45, 2.75) is 19.9 Å². The van der Waals surface area contributed by atoms with Gasteiger partial charge in [-0.15, -0.1) is 0 Å². The van der Waals surface area contributed by atoms with E-state index in [2.05, 4.69) is 15.4 Å². The average Bonchev–Trinajstić information content (AvgIpc) is 2.31. The van der Waals surface area contributed by atoms with Gasteiger partial charge in [-0.1, -0.05) is 0 Å². The van der Waals surface area contributed by atoms with Crippen LogP contribution in [0.5, 0.6) is 0 Å². The standard InChI is InChI=1S/C13H15FN4/c1-8-5-10(6-9(2)17-8)13(18-15)11-3-4-16-7-12(11)14/h3-7,13,18H,15H2,1-2H3. The monoisotopic (exact) mass is 246 g/mol. The molecule has 1 atom stereocenters. The Balaban J connectivity index is 2.48. The number of nitrogens with one attached hydrogen (secondary N) is 1. The quantitative estimate of drug-likeness (QED) is 0.640. The number of hydrogen-bond donors (Lipinski definition) is 2. The molecule has 0 radical (unpaired) electrons. The molecule has 18 heavy (non-hydrogen) atoms. The molecule has 0 saturated carbocycles. The van der Waals surface area contributed by atoms with Gasteiger partial charge in [0.05, 0.1) is 12.2 Å². The second-order valence-corrected chi connectivity index (χ2v) is 4.18. The van der Waals surface area contributed by atoms with E-state index in [1.54, 1.807) is 12.3 Å². The topological polar surface area (TPSA) is 63.8 Å². The SMILES string of the molecule is Cc1cc(C(NN)c2ccncc2F)cc(C)n1. The maximum atomic E-state index is 13.7. The second kappa shape index (κ2) is 5.20. The molecule has 4 nitrogen and oxygen atoms in total. The van der Waals surface area contributed by atoms with E-state index in [1.807, 2.05) is 26.0 Å². The van der Waals surface area contributed by atoms with E-state index >= 15 is 0 Å². The third kappa shape index (κ3) is 2.52. The summed E-state index contributed by atoms with van der Waals surface area (Å²) in [6.45, 7) is 3.79. The van der Waals surface area contributed by atoms with Crippen molar-refractivity contribution in [2.24, 2.45) is 5.84 Å². The highest BCUT2D eigenvalue weighted by molar-refractivity contribution is 5.33. The van der Waals surface area contributed by atoms with Gasteiger partial charge in [0.2, 0.25) is 0 Å². The van der Waals surface area contributed by atoms with Crippen LogP contribution >= 0.6 is 0 Å². The molecular formula is C13H15FN4. The zero-order valence-corrected chi connectivity index (χ0v) is 10.3. The average molecular weight is 246 g/mol. The highest BCUT2D eigenvalue weighted by Crippen LogP contribution is 2.23. The Morgan fingerprint density at radius 2 is 1.94 bits per heavy atom. The Labute approximate surface area is 105 Å². The molecule has 5 heteroatoms. The predicted octanol–water partition coefficient (Wildman–Crippen LogP) is 1.79. The third-order valence-electron chi connectivity index (χ3n) is 2.72. The molecule has 0 fully saturated rings. The first-order valence-electron chi connectivity index (χ1n) is 5.62. The van der Waals surface area contributed by atoms with Crippen molar-refractivity contribution in [3.05, 3.63) is 58.9 Å². The predicted molar refractivity (Wildman–Crippen MR) is 67.1 cm³/mol. The van der Waals surface area contributed by atoms with Crippen LogP contribution in [0.1, 0.15) is 28.6 Å². The van der Waals surface area contributed by atoms with E-state index in [0.29, 0.717) is 5.56 Å². The fourth-order valence-electron chi connectivity index (χ4n) is 2.02. The first kappa shape index (κ1) is 12.6. The van der Waals surface area contributed by atoms with Crippen LogP contribution in [0.4, 0.5) is 4.39 Å². The summed E-state index contributed by atoms with van der Waals surface area (Å²) in [6.07, 6.45) is 2.73. The molecule has 0 spiro atoms. The van der Waals surface area contributed by atoms with Gasteiger partial charge in [0, 0.05) is 23.1 Å². The summed E-state index contributed by atoms with van der Waals surface area (Å²) in [4.78, 5) is 8.03. The van der Waals surface area contributed by atoms with Gasteiger partial charge in [-0.25, -0.2) is 9.82 Å². The minimum absolute atomic E-state index is 0.382. The van der Waals surface area contributed by atoms with Crippen molar-refractivity contribution in [3.63, 3.8) is 0 Å². The zero-order valence-electron chi connectivity index (χ0n) is 10.3. The van der Waals surface area contributed by atoms with Gasteiger partial charge in [0.15, 0.2) is 0 Å². The van der Waals surface area contributed by atoms with Crippen LogP contribution in [0, 0.1) is 19.7 Å². The van der Waals surface area contributed by atoms with Crippen LogP contribution in [-0.2, 0) is 0 Å². The van der Waals surface area contributed by atoms with Crippen molar-refractivity contribution in [2.75, 3.05) is 0 Å². The molecule has 0 saturated heterocycles. The molecule has 2 rings (SSSR count). The lowest BCUT2D eigenvalue weighted by atomic mass is 9.99. The molecule has 0 aliphatic heterocycles. The van der Waals surface area contributed by atoms with Gasteiger partial charge in [-0.3, -0.25) is 15.8 Å². The Bertz CT molecular complexity index is 536. The number of aromatic nitrogens is 2. The molecule has 0 aliphatic carbocycles. The van der Waals surface area contributed by atoms with Crippen LogP contribution in [0.25, 0.3) is 0 Å². The molecule has 0 aliphatic rings. The largest absolute Gasteiger partial charge is 0.271 e. The lowest BCUT2D eigenvalue weighted by Gasteiger charge is -2.18. The van der Waals surface area contributed by atoms with Gasteiger partial charge in [0.1, 0.15) is 5.82 Å². The van der Waals surface area contributed by atoms with Gasteiger partial charge in [-0.05, 0) is 37.6 Å². The summed E-state index contributed by atoms with van der Waals surface area (Å²) in [6, 6.07) is 4.98. The number of rotatable bonds is 3. The number of halogens is 1. The number of hydrogen-bond acceptors (Lipinski definition) is 4. The van der Waals surface area contributed by atoms with E-state index in [-0.39, 0.29) is 5.82 Å². The maximum Gasteiger partial charge on any atom is 0.146 e. The first-order valence-corrected chi connectivity index (χ1v) is 5.62. The van der Waals surface area contributed by atoms with Crippen molar-refractivity contribution in [1.29, 1.82) is 0 Å². The summed E-state index contributed by atoms with van der Waals surface area (Å²) >= 11 is 0. The van der Waals surface area contributed by atoms with E-state index in [0.717, 1.165) is 17.0 Å². The summed E-state index contributed by atoms with van der Waals surface area (Å²) in [5.74, 6) is 5.17. The summed E-state index contributed by atoms with van der Waals surface area (Å²) < 4.78 is 13.7. The molecular weight excluding hydrogens is 231 g/mol. The van der Waals surface area contributed by atoms with E-state index in [9.17, 15) is 4.39 Å². The number of hydrazine groups is 1. The van der Waals surface area contributed by atoms with E-state index in [1.165, 1.54) is 6.20 Å². The van der Waals surface area contributed by atoms with Gasteiger partial charge in [0.25, 0.3) is 0 Å². The minimum Gasteiger partial charge on any atom is -0.271 e. The Morgan fingerprint density at radius 3 is 2.50 bits per heavy atom. The highest BCUT2D eigenvalue weighted by atomic mass is 19.1. The van der Waals surface area contributed by atoms with Crippen molar-refractivity contribution < 1.29 is 4.39 Å². The van der Waals surface area contributed by atoms with Crippen LogP contribution in [-0.4, -0.2) is 9.97 Å². The summed E-state index contributed by atoms with van der Waals surface area (Å²) in [5.41, 5.74) is 5.74. The van der Waals surface area contributed by atoms with Gasteiger partial charge >= 0.3 is 0 Å². The first-order chi connectivity index (χ1) is 8.61. The summed E-state index contributed by atoms with van der Waals surface area (Å²) in [5, 5.41) is 0. The minimum atomic E-state index is -0.409. The van der Waals surface area contributed by atoms with Crippen molar-refractivity contribution in [1.82, 2.24) is 15.4 Å². The Hall–Kier alpha value is -1.85. The van der Waals surface area contributed by atoms with Crippen molar-refractivity contribution in [3.8, 4) is 0 Å². The van der Waals surface area contributed by atoms with E-state index < -0.39 is 6.04 Å². The highest BCUT2D eigenvalue weighted by Gasteiger charge is 2.17. The fourth-order valence-corrected chi connectivity index (χ4v) is 2.02. The third-order valence-corrected chi connectivity index (χ3v) is 2.72. The number of pyridine rings is 2. The lowest BCUT2D eigenvalue weighted by Crippen LogP contribution is -2.29. The molecule has 1 unspecified atom stereocenters. The van der Waals surface area contributed by atoms with Crippen LogP contribution < -0.4 is 11.3 Å². The van der Waals surface area contributed by atoms with Crippen molar-refractivity contribution >= 4 is 0 Å². The molecule has 2 aromatic rings. The zero-order chi connectivity index (χ0) is 13.1. The Kier molecular flexibility index (Phi) is 3.64. The molecule has 3 N–H and O–H groups in total. The lowest BCUT2D eigenvalue weighted by molar-refractivity contribution is 0.555. The number of nitrogens with two attached hydrogens (primary N) is 1. The molecule has 94 valence electrons. The van der Waals surface area contributed by atoms with Gasteiger partial charge in [-0.2, -0.15) is 0 Å². The maximum absolute atomic E-state index is 13.7. The molecule has 2 aromatic heterocycles. The van der Waals surface area contributed by atoms with Gasteiger partial charge < -0.3 is 0 Å². The number of aryl methyl sites for hydroxylation is 2. The summed E-state index contributed by atoms with van der Waals surface area (Å²) in [7, 11) is 0. The van der Waals surface area contributed by atoms with Crippen LogP contribution in [0.2, 0.25) is 0 Å². The molecule has 0 aromatic carbocycles.